The van der Waals surface area contributed by atoms with Crippen LogP contribution in [-0.4, -0.2) is 83.5 Å². The maximum Gasteiger partial charge on any atom is 0.303 e. The number of hydrogen-bond acceptors (Lipinski definition) is 9. The molecule has 0 saturated carbocycles. The lowest BCUT2D eigenvalue weighted by Crippen LogP contribution is -2.50. The molecule has 3 aliphatic rings. The average molecular weight is 653 g/mol. The lowest BCUT2D eigenvalue weighted by molar-refractivity contribution is -0.144. The van der Waals surface area contributed by atoms with E-state index in [2.05, 4.69) is 18.3 Å². The predicted octanol–water partition coefficient (Wildman–Crippen LogP) is 3.27. The third-order valence-corrected chi connectivity index (χ3v) is 9.02. The minimum Gasteiger partial charge on any atom is -0.459 e. The van der Waals surface area contributed by atoms with E-state index in [9.17, 15) is 24.3 Å². The van der Waals surface area contributed by atoms with Crippen molar-refractivity contribution in [3.05, 3.63) is 71.3 Å². The first-order chi connectivity index (χ1) is 22.2. The molecule has 4 N–H and O–H groups in total. The average Bonchev–Trinajstić information content (AvgIpc) is 3.77. The number of aliphatic hydroxyl groups is 1. The van der Waals surface area contributed by atoms with Crippen LogP contribution in [0.3, 0.4) is 0 Å². The zero-order valence-electron chi connectivity index (χ0n) is 27.8. The van der Waals surface area contributed by atoms with Gasteiger partial charge in [-0.2, -0.15) is 0 Å². The van der Waals surface area contributed by atoms with E-state index in [1.807, 2.05) is 26.0 Å². The smallest absolute Gasteiger partial charge is 0.303 e. The van der Waals surface area contributed by atoms with E-state index in [1.165, 1.54) is 13.0 Å². The van der Waals surface area contributed by atoms with E-state index >= 15 is 0 Å². The molecule has 256 valence electrons. The highest BCUT2D eigenvalue weighted by Gasteiger charge is 2.58. The Labute approximate surface area is 276 Å². The molecular weight excluding hydrogens is 604 g/mol. The quantitative estimate of drug-likeness (QED) is 0.125. The fraction of sp³-hybridized carbons (Fsp3) is 0.556. The fourth-order valence-corrected chi connectivity index (χ4v) is 6.23. The minimum atomic E-state index is -0.839. The number of benzene rings is 1. The number of ether oxygens (including phenoxy) is 4. The normalized spacial score (nSPS) is 31.5. The highest BCUT2D eigenvalue weighted by molar-refractivity contribution is 5.93. The lowest BCUT2D eigenvalue weighted by atomic mass is 9.86. The van der Waals surface area contributed by atoms with Crippen molar-refractivity contribution in [2.75, 3.05) is 6.61 Å². The monoisotopic (exact) mass is 652 g/mol. The molecule has 3 saturated heterocycles. The van der Waals surface area contributed by atoms with Gasteiger partial charge in [-0.3, -0.25) is 19.2 Å². The van der Waals surface area contributed by atoms with Crippen molar-refractivity contribution >= 4 is 23.6 Å². The molecule has 3 heterocycles. The SMILES string of the molecule is CC(=O)O[C@@H](C)/C=C\C(=O)N[C@@H]1C[C@H](C)[C@H](C/C=C(C)/C=C/[C@H]2O[C@H](CC(=O)Cc3ccc(C(N)=O)cc3)C[C@@]3(CO3)[C@@H]2O)O[C@@H]1C. The molecule has 1 aromatic carbocycles. The molecule has 0 radical (unpaired) electrons. The van der Waals surface area contributed by atoms with Crippen LogP contribution in [-0.2, 0) is 39.8 Å². The van der Waals surface area contributed by atoms with E-state index in [0.29, 0.717) is 25.0 Å². The summed E-state index contributed by atoms with van der Waals surface area (Å²) in [5, 5.41) is 14.0. The summed E-state index contributed by atoms with van der Waals surface area (Å²) in [6.45, 7) is 9.47. The van der Waals surface area contributed by atoms with Crippen molar-refractivity contribution < 1.29 is 43.2 Å². The summed E-state index contributed by atoms with van der Waals surface area (Å²) in [6.07, 6.45) is 8.49. The Morgan fingerprint density at radius 1 is 1.13 bits per heavy atom. The molecule has 11 nitrogen and oxygen atoms in total. The maximum absolute atomic E-state index is 12.9. The van der Waals surface area contributed by atoms with Crippen LogP contribution in [0.2, 0.25) is 0 Å². The number of ketones is 1. The number of carbonyl (C=O) groups is 4. The second-order valence-electron chi connectivity index (χ2n) is 13.1. The number of epoxide rings is 1. The number of Topliss-reactive ketones (excluding diaryl/α,β-unsaturated/α-hetero) is 1. The second-order valence-corrected chi connectivity index (χ2v) is 13.1. The van der Waals surface area contributed by atoms with Crippen LogP contribution in [0.4, 0.5) is 0 Å². The summed E-state index contributed by atoms with van der Waals surface area (Å²) >= 11 is 0. The number of nitrogens with one attached hydrogen (secondary N) is 1. The van der Waals surface area contributed by atoms with Crippen molar-refractivity contribution in [1.82, 2.24) is 5.32 Å². The van der Waals surface area contributed by atoms with E-state index < -0.39 is 41.9 Å². The molecule has 1 spiro atoms. The lowest BCUT2D eigenvalue weighted by Gasteiger charge is -2.39. The summed E-state index contributed by atoms with van der Waals surface area (Å²) in [7, 11) is 0. The van der Waals surface area contributed by atoms with Gasteiger partial charge in [0.25, 0.3) is 0 Å². The second kappa shape index (κ2) is 16.0. The molecule has 4 rings (SSSR count). The Balaban J connectivity index is 1.27. The van der Waals surface area contributed by atoms with Crippen LogP contribution in [0.5, 0.6) is 0 Å². The maximum atomic E-state index is 12.9. The summed E-state index contributed by atoms with van der Waals surface area (Å²) in [5.41, 5.74) is 6.77. The van der Waals surface area contributed by atoms with Crippen molar-refractivity contribution in [2.45, 2.75) is 115 Å². The van der Waals surface area contributed by atoms with Crippen molar-refractivity contribution in [2.24, 2.45) is 11.7 Å². The molecule has 0 aliphatic carbocycles. The molecule has 9 atom stereocenters. The van der Waals surface area contributed by atoms with Gasteiger partial charge < -0.3 is 35.1 Å². The van der Waals surface area contributed by atoms with Gasteiger partial charge in [-0.25, -0.2) is 0 Å². The standard InChI is InChI=1S/C36H48N2O9/c1-21(6-13-31-22(2)16-30(24(4)46-31)38-33(41)15-8-23(3)45-25(5)39)7-14-32-34(42)36(20-44-36)19-29(47-32)18-28(40)17-26-9-11-27(12-10-26)35(37)43/h6-12,14-15,22-24,29-32,34,42H,13,16-20H2,1-5H3,(H2,37,43)(H,38,41)/b14-7+,15-8-,21-6+/t22-,23-,24+,29+,30+,31-,32+,34+,36+/m0/s1. The van der Waals surface area contributed by atoms with Crippen molar-refractivity contribution in [3.63, 3.8) is 0 Å². The molecule has 3 fully saturated rings. The van der Waals surface area contributed by atoms with Crippen LogP contribution in [0, 0.1) is 5.92 Å². The summed E-state index contributed by atoms with van der Waals surface area (Å²) in [4.78, 5) is 47.7. The summed E-state index contributed by atoms with van der Waals surface area (Å²) in [6, 6.07) is 6.52. The van der Waals surface area contributed by atoms with Crippen LogP contribution >= 0.6 is 0 Å². The number of nitrogens with two attached hydrogens (primary N) is 1. The molecule has 2 amide bonds. The van der Waals surface area contributed by atoms with Crippen LogP contribution in [0.15, 0.2) is 60.2 Å². The first-order valence-corrected chi connectivity index (χ1v) is 16.3. The van der Waals surface area contributed by atoms with E-state index in [1.54, 1.807) is 37.3 Å². The van der Waals surface area contributed by atoms with E-state index in [0.717, 1.165) is 17.6 Å². The number of esters is 1. The van der Waals surface area contributed by atoms with Gasteiger partial charge in [-0.05, 0) is 63.3 Å². The topological polar surface area (TPSA) is 167 Å². The first-order valence-electron chi connectivity index (χ1n) is 16.3. The van der Waals surface area contributed by atoms with Gasteiger partial charge in [0, 0.05) is 37.8 Å². The number of primary amides is 1. The van der Waals surface area contributed by atoms with Gasteiger partial charge in [0.1, 0.15) is 29.7 Å². The largest absolute Gasteiger partial charge is 0.459 e. The van der Waals surface area contributed by atoms with E-state index in [-0.39, 0.29) is 48.7 Å². The molecule has 0 unspecified atom stereocenters. The molecule has 3 aliphatic heterocycles. The Morgan fingerprint density at radius 2 is 1.83 bits per heavy atom. The fourth-order valence-electron chi connectivity index (χ4n) is 6.23. The van der Waals surface area contributed by atoms with Gasteiger partial charge in [-0.1, -0.05) is 42.9 Å². The molecule has 11 heteroatoms. The van der Waals surface area contributed by atoms with Crippen molar-refractivity contribution in [1.29, 1.82) is 0 Å². The molecule has 0 aromatic heterocycles. The predicted molar refractivity (Wildman–Crippen MR) is 174 cm³/mol. The van der Waals surface area contributed by atoms with Crippen LogP contribution in [0.25, 0.3) is 0 Å². The third-order valence-electron chi connectivity index (χ3n) is 9.02. The first kappa shape index (κ1) is 36.2. The number of rotatable bonds is 13. The summed E-state index contributed by atoms with van der Waals surface area (Å²) < 4.78 is 23.2. The Kier molecular flexibility index (Phi) is 12.3. The van der Waals surface area contributed by atoms with E-state index in [4.69, 9.17) is 24.7 Å². The highest BCUT2D eigenvalue weighted by atomic mass is 16.6. The number of aliphatic hydroxyl groups excluding tert-OH is 1. The summed E-state index contributed by atoms with van der Waals surface area (Å²) in [5.74, 6) is -0.986. The van der Waals surface area contributed by atoms with Gasteiger partial charge in [0.2, 0.25) is 11.8 Å². The Bertz CT molecular complexity index is 1380. The molecule has 0 bridgehead atoms. The number of hydrogen-bond donors (Lipinski definition) is 3. The molecule has 47 heavy (non-hydrogen) atoms. The van der Waals surface area contributed by atoms with Crippen molar-refractivity contribution in [3.8, 4) is 0 Å². The third kappa shape index (κ3) is 10.4. The number of amides is 2. The minimum absolute atomic E-state index is 0.00390. The van der Waals surface area contributed by atoms with Crippen LogP contribution in [0.1, 0.15) is 76.2 Å². The van der Waals surface area contributed by atoms with Gasteiger partial charge >= 0.3 is 5.97 Å². The number of carbonyl (C=O) groups excluding carboxylic acids is 4. The Hall–Kier alpha value is -3.64. The van der Waals surface area contributed by atoms with Gasteiger partial charge in [-0.15, -0.1) is 0 Å². The molecule has 1 aromatic rings. The molecular formula is C36H48N2O9. The van der Waals surface area contributed by atoms with Crippen LogP contribution < -0.4 is 11.1 Å². The zero-order chi connectivity index (χ0) is 34.3. The van der Waals surface area contributed by atoms with Gasteiger partial charge in [0.15, 0.2) is 0 Å². The Morgan fingerprint density at radius 3 is 2.47 bits per heavy atom. The van der Waals surface area contributed by atoms with Gasteiger partial charge in [0.05, 0.1) is 31.0 Å². The number of allylic oxidation sites excluding steroid dienone is 2. The highest BCUT2D eigenvalue weighted by Crippen LogP contribution is 2.43. The zero-order valence-corrected chi connectivity index (χ0v) is 27.8.